The van der Waals surface area contributed by atoms with Gasteiger partial charge >= 0.3 is 0 Å². The molecule has 1 nitrogen and oxygen atoms in total. The minimum absolute atomic E-state index is 0.748. The van der Waals surface area contributed by atoms with Gasteiger partial charge in [-0.2, -0.15) is 0 Å². The van der Waals surface area contributed by atoms with Crippen LogP contribution in [0.3, 0.4) is 0 Å². The van der Waals surface area contributed by atoms with Crippen molar-refractivity contribution in [3.63, 3.8) is 0 Å². The lowest BCUT2D eigenvalue weighted by atomic mass is 10.9. The van der Waals surface area contributed by atoms with Gasteiger partial charge in [-0.05, 0) is 6.92 Å². The zero-order valence-electron chi connectivity index (χ0n) is 7.05. The third-order valence-corrected chi connectivity index (χ3v) is 3.33. The highest BCUT2D eigenvalue weighted by atomic mass is 28.3. The predicted octanol–water partition coefficient (Wildman–Crippen LogP) is 2.51. The smallest absolute Gasteiger partial charge is 0.0987 e. The van der Waals surface area contributed by atoms with Gasteiger partial charge < -0.3 is 4.74 Å². The predicted molar refractivity (Wildman–Crippen MR) is 48.4 cm³/mol. The molecule has 0 aliphatic heterocycles. The topological polar surface area (TPSA) is 9.23 Å². The van der Waals surface area contributed by atoms with Crippen molar-refractivity contribution in [1.29, 1.82) is 0 Å². The van der Waals surface area contributed by atoms with Crippen LogP contribution in [0.25, 0.3) is 0 Å². The normalized spacial score (nSPS) is 11.9. The van der Waals surface area contributed by atoms with Crippen LogP contribution in [0, 0.1) is 0 Å². The van der Waals surface area contributed by atoms with Crippen LogP contribution in [0.5, 0.6) is 0 Å². The van der Waals surface area contributed by atoms with E-state index in [1.807, 2.05) is 12.6 Å². The summed E-state index contributed by atoms with van der Waals surface area (Å²) in [4.78, 5) is 0. The van der Waals surface area contributed by atoms with Crippen molar-refractivity contribution in [2.24, 2.45) is 0 Å². The average molecular weight is 156 g/mol. The van der Waals surface area contributed by atoms with Crippen molar-refractivity contribution in [3.05, 3.63) is 24.2 Å². The molecule has 58 valence electrons. The summed E-state index contributed by atoms with van der Waals surface area (Å²) < 4.78 is 5.08. The number of hydrogen-bond donors (Lipinski definition) is 0. The Kier molecular flexibility index (Phi) is 4.12. The van der Waals surface area contributed by atoms with Crippen molar-refractivity contribution in [1.82, 2.24) is 0 Å². The molecule has 0 spiro atoms. The molecule has 0 aromatic heterocycles. The molecule has 0 heterocycles. The molecule has 0 saturated heterocycles. The molecule has 0 unspecified atom stereocenters. The lowest BCUT2D eigenvalue weighted by molar-refractivity contribution is 0.270. The molecule has 2 heteroatoms. The maximum absolute atomic E-state index is 5.08. The fraction of sp³-hybridized carbons (Fsp3) is 0.500. The van der Waals surface area contributed by atoms with E-state index in [9.17, 15) is 0 Å². The van der Waals surface area contributed by atoms with Gasteiger partial charge in [0.1, 0.15) is 0 Å². The van der Waals surface area contributed by atoms with E-state index in [1.54, 1.807) is 6.26 Å². The highest BCUT2D eigenvalue weighted by Gasteiger charge is 2.09. The van der Waals surface area contributed by atoms with Crippen LogP contribution in [-0.4, -0.2) is 14.7 Å². The molecule has 10 heavy (non-hydrogen) atoms. The second-order valence-corrected chi connectivity index (χ2v) is 7.17. The van der Waals surface area contributed by atoms with Gasteiger partial charge in [0.25, 0.3) is 0 Å². The van der Waals surface area contributed by atoms with E-state index < -0.39 is 8.07 Å². The largest absolute Gasteiger partial charge is 0.502 e. The third-order valence-electron chi connectivity index (χ3n) is 1.29. The summed E-state index contributed by atoms with van der Waals surface area (Å²) in [5.74, 6) is 0. The highest BCUT2D eigenvalue weighted by Crippen LogP contribution is 2.03. The maximum atomic E-state index is 5.08. The summed E-state index contributed by atoms with van der Waals surface area (Å²) in [5, 5.41) is 0. The second kappa shape index (κ2) is 4.33. The van der Waals surface area contributed by atoms with Gasteiger partial charge in [0, 0.05) is 0 Å². The summed E-state index contributed by atoms with van der Waals surface area (Å²) in [5.41, 5.74) is 4.16. The molecule has 0 aromatic rings. The van der Waals surface area contributed by atoms with Crippen LogP contribution in [0.15, 0.2) is 24.2 Å². The van der Waals surface area contributed by atoms with Gasteiger partial charge in [-0.1, -0.05) is 24.5 Å². The molecule has 0 saturated carbocycles. The fourth-order valence-electron chi connectivity index (χ4n) is 0.388. The maximum Gasteiger partial charge on any atom is 0.0987 e. The van der Waals surface area contributed by atoms with E-state index in [-0.39, 0.29) is 0 Å². The van der Waals surface area contributed by atoms with Crippen LogP contribution in [0.2, 0.25) is 13.1 Å². The average Bonchev–Trinajstić information content (AvgIpc) is 1.89. The SMILES string of the molecule is C=C[Si](C)(C)C=COCC. The van der Waals surface area contributed by atoms with E-state index in [1.165, 1.54) is 0 Å². The van der Waals surface area contributed by atoms with Crippen LogP contribution >= 0.6 is 0 Å². The first kappa shape index (κ1) is 9.50. The van der Waals surface area contributed by atoms with Gasteiger partial charge in [0.15, 0.2) is 0 Å². The molecule has 0 amide bonds. The summed E-state index contributed by atoms with van der Waals surface area (Å²) in [6.45, 7) is 10.9. The zero-order valence-corrected chi connectivity index (χ0v) is 8.05. The van der Waals surface area contributed by atoms with Crippen LogP contribution in [-0.2, 0) is 4.74 Å². The minimum atomic E-state index is -1.26. The molecule has 0 radical (unpaired) electrons. The summed E-state index contributed by atoms with van der Waals surface area (Å²) in [6.07, 6.45) is 1.79. The molecule has 0 rings (SSSR count). The van der Waals surface area contributed by atoms with Crippen LogP contribution in [0.1, 0.15) is 6.92 Å². The molecule has 0 N–H and O–H groups in total. The van der Waals surface area contributed by atoms with Gasteiger partial charge in [-0.3, -0.25) is 0 Å². The van der Waals surface area contributed by atoms with E-state index in [4.69, 9.17) is 4.74 Å². The number of rotatable bonds is 4. The van der Waals surface area contributed by atoms with Gasteiger partial charge in [-0.15, -0.1) is 6.58 Å². The molecule has 0 atom stereocenters. The molecule has 0 aliphatic rings. The summed E-state index contributed by atoms with van der Waals surface area (Å²) in [6, 6.07) is 0. The minimum Gasteiger partial charge on any atom is -0.502 e. The van der Waals surface area contributed by atoms with Crippen molar-refractivity contribution in [2.45, 2.75) is 20.0 Å². The Morgan fingerprint density at radius 3 is 2.50 bits per heavy atom. The van der Waals surface area contributed by atoms with Gasteiger partial charge in [-0.25, -0.2) is 0 Å². The first-order valence-electron chi connectivity index (χ1n) is 3.55. The second-order valence-electron chi connectivity index (χ2n) is 2.78. The van der Waals surface area contributed by atoms with Crippen LogP contribution < -0.4 is 0 Å². The first-order valence-corrected chi connectivity index (χ1v) is 6.71. The standard InChI is InChI=1S/C8H16OSi/c1-5-9-7-8-10(3,4)6-2/h6-8H,2,5H2,1,3-4H3. The van der Waals surface area contributed by atoms with Crippen molar-refractivity contribution in [3.8, 4) is 0 Å². The quantitative estimate of drug-likeness (QED) is 0.449. The fourth-order valence-corrected chi connectivity index (χ4v) is 0.971. The lowest BCUT2D eigenvalue weighted by Gasteiger charge is -2.09. The Hall–Kier alpha value is -0.503. The Balaban J connectivity index is 3.74. The molecular formula is C8H16OSi. The first-order chi connectivity index (χ1) is 4.62. The van der Waals surface area contributed by atoms with Gasteiger partial charge in [0.05, 0.1) is 20.9 Å². The summed E-state index contributed by atoms with van der Waals surface area (Å²) in [7, 11) is -1.26. The molecule has 0 bridgehead atoms. The molecule has 0 aromatic carbocycles. The Bertz CT molecular complexity index is 127. The van der Waals surface area contributed by atoms with E-state index in [2.05, 4.69) is 25.4 Å². The van der Waals surface area contributed by atoms with Crippen molar-refractivity contribution >= 4 is 8.07 Å². The monoisotopic (exact) mass is 156 g/mol. The van der Waals surface area contributed by atoms with Crippen LogP contribution in [0.4, 0.5) is 0 Å². The number of ether oxygens (including phenoxy) is 1. The number of hydrogen-bond acceptors (Lipinski definition) is 1. The Labute approximate surface area is 64.4 Å². The highest BCUT2D eigenvalue weighted by molar-refractivity contribution is 6.86. The van der Waals surface area contributed by atoms with Crippen molar-refractivity contribution in [2.75, 3.05) is 6.61 Å². The third kappa shape index (κ3) is 4.38. The Morgan fingerprint density at radius 1 is 1.50 bits per heavy atom. The zero-order chi connectivity index (χ0) is 8.04. The summed E-state index contributed by atoms with van der Waals surface area (Å²) >= 11 is 0. The van der Waals surface area contributed by atoms with E-state index >= 15 is 0 Å². The molecule has 0 fully saturated rings. The lowest BCUT2D eigenvalue weighted by Crippen LogP contribution is -2.18. The molecular weight excluding hydrogens is 140 g/mol. The Morgan fingerprint density at radius 2 is 2.10 bits per heavy atom. The van der Waals surface area contributed by atoms with Gasteiger partial charge in [0.2, 0.25) is 0 Å². The van der Waals surface area contributed by atoms with E-state index in [0.717, 1.165) is 6.61 Å². The molecule has 0 aliphatic carbocycles. The van der Waals surface area contributed by atoms with E-state index in [0.29, 0.717) is 0 Å². The van der Waals surface area contributed by atoms with Crippen molar-refractivity contribution < 1.29 is 4.74 Å².